The monoisotopic (exact) mass is 235 g/mol. The zero-order valence-corrected chi connectivity index (χ0v) is 11.1. The van der Waals surface area contributed by atoms with Crippen molar-refractivity contribution in [3.8, 4) is 0 Å². The number of methoxy groups -OCH3 is 1. The van der Waals surface area contributed by atoms with Crippen LogP contribution in [-0.2, 0) is 16.1 Å². The molecule has 0 spiro atoms. The largest absolute Gasteiger partial charge is 0.469 e. The predicted molar refractivity (Wildman–Crippen MR) is 69.0 cm³/mol. The van der Waals surface area contributed by atoms with Gasteiger partial charge in [0, 0.05) is 13.1 Å². The Balaban J connectivity index is 2.47. The molecule has 1 N–H and O–H groups in total. The van der Waals surface area contributed by atoms with Gasteiger partial charge in [-0.3, -0.25) is 4.79 Å². The van der Waals surface area contributed by atoms with Crippen LogP contribution in [0.4, 0.5) is 0 Å². The zero-order chi connectivity index (χ0) is 12.8. The van der Waals surface area contributed by atoms with Crippen molar-refractivity contribution in [3.63, 3.8) is 0 Å². The number of carbonyl (C=O) groups is 1. The average molecular weight is 235 g/mol. The van der Waals surface area contributed by atoms with E-state index in [-0.39, 0.29) is 5.97 Å². The number of hydrogen-bond acceptors (Lipinski definition) is 3. The first-order chi connectivity index (χ1) is 8.06. The van der Waals surface area contributed by atoms with Gasteiger partial charge in [-0.2, -0.15) is 0 Å². The van der Waals surface area contributed by atoms with Gasteiger partial charge in [0.1, 0.15) is 0 Å². The third kappa shape index (κ3) is 3.86. The van der Waals surface area contributed by atoms with Crippen molar-refractivity contribution in [2.24, 2.45) is 0 Å². The maximum atomic E-state index is 10.9. The molecule has 0 radical (unpaired) electrons. The molecule has 1 aromatic carbocycles. The Hall–Kier alpha value is -1.35. The van der Waals surface area contributed by atoms with Crippen molar-refractivity contribution in [2.75, 3.05) is 13.7 Å². The van der Waals surface area contributed by atoms with Crippen molar-refractivity contribution in [1.82, 2.24) is 5.32 Å². The molecule has 0 atom stereocenters. The SMILES string of the molecule is COC(=O)CCNCc1ccc(C)c(C)c1C. The van der Waals surface area contributed by atoms with Gasteiger partial charge in [-0.15, -0.1) is 0 Å². The molecule has 1 rings (SSSR count). The maximum absolute atomic E-state index is 10.9. The van der Waals surface area contributed by atoms with Crippen LogP contribution in [0.15, 0.2) is 12.1 Å². The van der Waals surface area contributed by atoms with E-state index in [1.54, 1.807) is 0 Å². The number of esters is 1. The van der Waals surface area contributed by atoms with Gasteiger partial charge in [-0.1, -0.05) is 12.1 Å². The van der Waals surface area contributed by atoms with Gasteiger partial charge >= 0.3 is 5.97 Å². The summed E-state index contributed by atoms with van der Waals surface area (Å²) in [6, 6.07) is 4.28. The van der Waals surface area contributed by atoms with Crippen LogP contribution < -0.4 is 5.32 Å². The van der Waals surface area contributed by atoms with Gasteiger partial charge in [0.05, 0.1) is 13.5 Å². The van der Waals surface area contributed by atoms with E-state index in [0.29, 0.717) is 13.0 Å². The summed E-state index contributed by atoms with van der Waals surface area (Å²) in [7, 11) is 1.41. The molecule has 0 aromatic heterocycles. The first-order valence-electron chi connectivity index (χ1n) is 5.89. The average Bonchev–Trinajstić information content (AvgIpc) is 2.33. The van der Waals surface area contributed by atoms with Crippen LogP contribution in [0.1, 0.15) is 28.7 Å². The summed E-state index contributed by atoms with van der Waals surface area (Å²) in [5.74, 6) is -0.172. The highest BCUT2D eigenvalue weighted by atomic mass is 16.5. The predicted octanol–water partition coefficient (Wildman–Crippen LogP) is 2.26. The molecular weight excluding hydrogens is 214 g/mol. The molecule has 1 aromatic rings. The van der Waals surface area contributed by atoms with Crippen LogP contribution >= 0.6 is 0 Å². The molecule has 0 amide bonds. The summed E-state index contributed by atoms with van der Waals surface area (Å²) in [6.45, 7) is 7.85. The summed E-state index contributed by atoms with van der Waals surface area (Å²) in [6.07, 6.45) is 0.417. The topological polar surface area (TPSA) is 38.3 Å². The lowest BCUT2D eigenvalue weighted by atomic mass is 9.99. The molecule has 0 unspecified atom stereocenters. The van der Waals surface area contributed by atoms with Crippen LogP contribution in [0.3, 0.4) is 0 Å². The highest BCUT2D eigenvalue weighted by Gasteiger charge is 2.04. The van der Waals surface area contributed by atoms with Gasteiger partial charge < -0.3 is 10.1 Å². The minimum atomic E-state index is -0.172. The minimum absolute atomic E-state index is 0.172. The van der Waals surface area contributed by atoms with Crippen molar-refractivity contribution in [2.45, 2.75) is 33.7 Å². The molecule has 0 aliphatic carbocycles. The Morgan fingerprint density at radius 3 is 2.59 bits per heavy atom. The van der Waals surface area contributed by atoms with Crippen LogP contribution in [-0.4, -0.2) is 19.6 Å². The molecule has 0 aliphatic heterocycles. The number of carbonyl (C=O) groups excluding carboxylic acids is 1. The Morgan fingerprint density at radius 2 is 1.94 bits per heavy atom. The Kier molecular flexibility index (Phi) is 5.16. The molecule has 3 heteroatoms. The Bertz CT molecular complexity index is 399. The highest BCUT2D eigenvalue weighted by molar-refractivity contribution is 5.69. The molecule has 0 saturated heterocycles. The Morgan fingerprint density at radius 1 is 1.24 bits per heavy atom. The van der Waals surface area contributed by atoms with E-state index >= 15 is 0 Å². The summed E-state index contributed by atoms with van der Waals surface area (Å²) < 4.78 is 4.58. The normalized spacial score (nSPS) is 10.4. The zero-order valence-electron chi connectivity index (χ0n) is 11.1. The summed E-state index contributed by atoms with van der Waals surface area (Å²) in [4.78, 5) is 10.9. The second kappa shape index (κ2) is 6.40. The van der Waals surface area contributed by atoms with Crippen molar-refractivity contribution < 1.29 is 9.53 Å². The molecule has 3 nitrogen and oxygen atoms in total. The summed E-state index contributed by atoms with van der Waals surface area (Å²) in [5.41, 5.74) is 5.28. The lowest BCUT2D eigenvalue weighted by Gasteiger charge is -2.11. The maximum Gasteiger partial charge on any atom is 0.306 e. The fourth-order valence-electron chi connectivity index (χ4n) is 1.72. The standard InChI is InChI=1S/C14H21NO2/c1-10-5-6-13(12(3)11(10)2)9-15-8-7-14(16)17-4/h5-6,15H,7-9H2,1-4H3. The van der Waals surface area contributed by atoms with E-state index in [2.05, 4.69) is 43.0 Å². The van der Waals surface area contributed by atoms with Crippen LogP contribution in [0.25, 0.3) is 0 Å². The number of nitrogens with one attached hydrogen (secondary N) is 1. The second-order valence-electron chi connectivity index (χ2n) is 4.29. The third-order valence-corrected chi connectivity index (χ3v) is 3.22. The summed E-state index contributed by atoms with van der Waals surface area (Å²) >= 11 is 0. The van der Waals surface area contributed by atoms with E-state index in [1.807, 2.05) is 0 Å². The molecule has 0 saturated carbocycles. The number of aryl methyl sites for hydroxylation is 1. The fraction of sp³-hybridized carbons (Fsp3) is 0.500. The molecule has 17 heavy (non-hydrogen) atoms. The number of hydrogen-bond donors (Lipinski definition) is 1. The van der Waals surface area contributed by atoms with Gasteiger partial charge in [0.2, 0.25) is 0 Å². The Labute approximate surface area is 103 Å². The molecule has 0 fully saturated rings. The minimum Gasteiger partial charge on any atom is -0.469 e. The quantitative estimate of drug-likeness (QED) is 0.628. The fourth-order valence-corrected chi connectivity index (χ4v) is 1.72. The first kappa shape index (κ1) is 13.7. The van der Waals surface area contributed by atoms with Crippen molar-refractivity contribution >= 4 is 5.97 Å². The van der Waals surface area contributed by atoms with Crippen LogP contribution in [0, 0.1) is 20.8 Å². The second-order valence-corrected chi connectivity index (χ2v) is 4.29. The van der Waals surface area contributed by atoms with Gasteiger partial charge in [-0.25, -0.2) is 0 Å². The van der Waals surface area contributed by atoms with Gasteiger partial charge in [0.15, 0.2) is 0 Å². The molecule has 94 valence electrons. The highest BCUT2D eigenvalue weighted by Crippen LogP contribution is 2.16. The summed E-state index contributed by atoms with van der Waals surface area (Å²) in [5, 5.41) is 3.25. The third-order valence-electron chi connectivity index (χ3n) is 3.22. The van der Waals surface area contributed by atoms with E-state index < -0.39 is 0 Å². The number of rotatable bonds is 5. The molecule has 0 aliphatic rings. The lowest BCUT2D eigenvalue weighted by molar-refractivity contribution is -0.140. The van der Waals surface area contributed by atoms with Crippen LogP contribution in [0.2, 0.25) is 0 Å². The first-order valence-corrected chi connectivity index (χ1v) is 5.89. The van der Waals surface area contributed by atoms with E-state index in [1.165, 1.54) is 29.4 Å². The van der Waals surface area contributed by atoms with Gasteiger partial charge in [-0.05, 0) is 43.0 Å². The number of ether oxygens (including phenoxy) is 1. The molecule has 0 bridgehead atoms. The van der Waals surface area contributed by atoms with Crippen molar-refractivity contribution in [3.05, 3.63) is 34.4 Å². The molecular formula is C14H21NO2. The molecule has 0 heterocycles. The van der Waals surface area contributed by atoms with Gasteiger partial charge in [0.25, 0.3) is 0 Å². The van der Waals surface area contributed by atoms with Crippen LogP contribution in [0.5, 0.6) is 0 Å². The smallest absolute Gasteiger partial charge is 0.306 e. The van der Waals surface area contributed by atoms with E-state index in [0.717, 1.165) is 6.54 Å². The van der Waals surface area contributed by atoms with E-state index in [9.17, 15) is 4.79 Å². The van der Waals surface area contributed by atoms with Crippen molar-refractivity contribution in [1.29, 1.82) is 0 Å². The lowest BCUT2D eigenvalue weighted by Crippen LogP contribution is -2.19. The number of benzene rings is 1. The van der Waals surface area contributed by atoms with E-state index in [4.69, 9.17) is 0 Å².